The van der Waals surface area contributed by atoms with E-state index < -0.39 is 5.97 Å². The summed E-state index contributed by atoms with van der Waals surface area (Å²) in [7, 11) is 1.62. The number of carbonyl (C=O) groups is 1. The average Bonchev–Trinajstić information content (AvgIpc) is 3.22. The van der Waals surface area contributed by atoms with Gasteiger partial charge in [-0.15, -0.1) is 10.2 Å². The summed E-state index contributed by atoms with van der Waals surface area (Å²) in [5, 5.41) is 14.5. The van der Waals surface area contributed by atoms with Crippen LogP contribution in [0.1, 0.15) is 12.5 Å². The van der Waals surface area contributed by atoms with E-state index in [-0.39, 0.29) is 6.61 Å². The number of ether oxygens (including phenoxy) is 2. The standard InChI is InChI=1S/C22H19ClN4O3S/c1-3-30-21(28)18(12-14-4-8-16(23)9-5-14)19-13-31-22-25-24-20(27(22)26-19)15-6-10-17(29-2)11-7-15/h4-12H,3,13H2,1-2H3. The maximum atomic E-state index is 12.7. The quantitative estimate of drug-likeness (QED) is 0.401. The second-order valence-electron chi connectivity index (χ2n) is 6.51. The van der Waals surface area contributed by atoms with E-state index in [0.717, 1.165) is 16.9 Å². The highest BCUT2D eigenvalue weighted by molar-refractivity contribution is 7.99. The smallest absolute Gasteiger partial charge is 0.340 e. The Morgan fingerprint density at radius 1 is 1.16 bits per heavy atom. The molecule has 158 valence electrons. The number of hydrogen-bond acceptors (Lipinski definition) is 7. The van der Waals surface area contributed by atoms with Crippen LogP contribution in [0.3, 0.4) is 0 Å². The lowest BCUT2D eigenvalue weighted by Gasteiger charge is -2.16. The second-order valence-corrected chi connectivity index (χ2v) is 7.89. The van der Waals surface area contributed by atoms with Gasteiger partial charge in [-0.1, -0.05) is 35.5 Å². The molecule has 0 aliphatic carbocycles. The Morgan fingerprint density at radius 2 is 1.90 bits per heavy atom. The molecule has 0 saturated carbocycles. The Bertz CT molecular complexity index is 1150. The molecule has 2 heterocycles. The molecule has 4 rings (SSSR count). The third kappa shape index (κ3) is 4.65. The van der Waals surface area contributed by atoms with E-state index in [0.29, 0.717) is 33.0 Å². The zero-order valence-electron chi connectivity index (χ0n) is 16.9. The summed E-state index contributed by atoms with van der Waals surface area (Å²) >= 11 is 7.44. The van der Waals surface area contributed by atoms with Gasteiger partial charge < -0.3 is 9.47 Å². The lowest BCUT2D eigenvalue weighted by Crippen LogP contribution is -2.21. The molecule has 0 atom stereocenters. The topological polar surface area (TPSA) is 78.6 Å². The van der Waals surface area contributed by atoms with E-state index in [9.17, 15) is 4.79 Å². The van der Waals surface area contributed by atoms with Gasteiger partial charge >= 0.3 is 5.97 Å². The molecule has 31 heavy (non-hydrogen) atoms. The summed E-state index contributed by atoms with van der Waals surface area (Å²) in [6.07, 6.45) is 1.76. The van der Waals surface area contributed by atoms with Gasteiger partial charge in [-0.25, -0.2) is 4.79 Å². The van der Waals surface area contributed by atoms with Crippen molar-refractivity contribution in [2.24, 2.45) is 5.10 Å². The number of benzene rings is 2. The predicted molar refractivity (Wildman–Crippen MR) is 122 cm³/mol. The Balaban J connectivity index is 1.75. The molecule has 7 nitrogen and oxygen atoms in total. The number of hydrogen-bond donors (Lipinski definition) is 0. The highest BCUT2D eigenvalue weighted by atomic mass is 35.5. The van der Waals surface area contributed by atoms with Crippen molar-refractivity contribution in [3.63, 3.8) is 0 Å². The number of aromatic nitrogens is 3. The molecule has 1 aliphatic rings. The van der Waals surface area contributed by atoms with E-state index in [4.69, 9.17) is 26.2 Å². The highest BCUT2D eigenvalue weighted by Crippen LogP contribution is 2.30. The minimum atomic E-state index is -0.431. The Morgan fingerprint density at radius 3 is 2.58 bits per heavy atom. The van der Waals surface area contributed by atoms with Crippen LogP contribution in [0.15, 0.2) is 64.4 Å². The average molecular weight is 455 g/mol. The molecule has 3 aromatic rings. The number of esters is 1. The van der Waals surface area contributed by atoms with Gasteiger partial charge in [0, 0.05) is 16.3 Å². The fraction of sp³-hybridized carbons (Fsp3) is 0.182. The minimum Gasteiger partial charge on any atom is -0.497 e. The van der Waals surface area contributed by atoms with Crippen molar-refractivity contribution in [1.82, 2.24) is 14.9 Å². The number of methoxy groups -OCH3 is 1. The molecule has 0 fully saturated rings. The normalized spacial score (nSPS) is 13.4. The summed E-state index contributed by atoms with van der Waals surface area (Å²) < 4.78 is 12.2. The summed E-state index contributed by atoms with van der Waals surface area (Å²) in [6.45, 7) is 2.04. The van der Waals surface area contributed by atoms with Crippen LogP contribution in [0.25, 0.3) is 17.5 Å². The Labute approximate surface area is 188 Å². The minimum absolute atomic E-state index is 0.270. The maximum Gasteiger partial charge on any atom is 0.340 e. The van der Waals surface area contributed by atoms with Gasteiger partial charge in [0.25, 0.3) is 0 Å². The van der Waals surface area contributed by atoms with Crippen molar-refractivity contribution in [3.8, 4) is 17.1 Å². The van der Waals surface area contributed by atoms with Crippen molar-refractivity contribution < 1.29 is 14.3 Å². The molecule has 0 amide bonds. The van der Waals surface area contributed by atoms with Crippen molar-refractivity contribution in [3.05, 3.63) is 64.7 Å². The first-order chi connectivity index (χ1) is 15.1. The number of halogens is 1. The van der Waals surface area contributed by atoms with Gasteiger partial charge in [-0.05, 0) is 55.0 Å². The van der Waals surface area contributed by atoms with E-state index in [1.807, 2.05) is 36.4 Å². The monoisotopic (exact) mass is 454 g/mol. The third-order valence-electron chi connectivity index (χ3n) is 4.51. The fourth-order valence-corrected chi connectivity index (χ4v) is 3.93. The highest BCUT2D eigenvalue weighted by Gasteiger charge is 2.25. The molecule has 0 radical (unpaired) electrons. The summed E-state index contributed by atoms with van der Waals surface area (Å²) in [5.74, 6) is 1.37. The van der Waals surface area contributed by atoms with E-state index in [1.165, 1.54) is 11.8 Å². The van der Waals surface area contributed by atoms with Gasteiger partial charge in [0.1, 0.15) is 5.75 Å². The van der Waals surface area contributed by atoms with Crippen molar-refractivity contribution >= 4 is 41.1 Å². The van der Waals surface area contributed by atoms with Gasteiger partial charge in [-0.3, -0.25) is 0 Å². The number of fused-ring (bicyclic) bond motifs is 1. The van der Waals surface area contributed by atoms with Crippen molar-refractivity contribution in [1.29, 1.82) is 0 Å². The number of thioether (sulfide) groups is 1. The first-order valence-electron chi connectivity index (χ1n) is 9.54. The molecule has 0 saturated heterocycles. The number of nitrogens with zero attached hydrogens (tertiary/aromatic N) is 4. The molecule has 1 aromatic heterocycles. The van der Waals surface area contributed by atoms with Crippen LogP contribution >= 0.6 is 23.4 Å². The van der Waals surface area contributed by atoms with Crippen LogP contribution in [-0.4, -0.2) is 46.0 Å². The van der Waals surface area contributed by atoms with Crippen LogP contribution in [0.2, 0.25) is 5.02 Å². The van der Waals surface area contributed by atoms with Crippen LogP contribution < -0.4 is 4.74 Å². The van der Waals surface area contributed by atoms with E-state index in [2.05, 4.69) is 10.2 Å². The molecular weight excluding hydrogens is 436 g/mol. The first-order valence-corrected chi connectivity index (χ1v) is 10.9. The lowest BCUT2D eigenvalue weighted by atomic mass is 10.1. The SMILES string of the molecule is CCOC(=O)C(=Cc1ccc(Cl)cc1)C1=Nn2c(nnc2-c2ccc(OC)cc2)SC1. The zero-order valence-corrected chi connectivity index (χ0v) is 18.5. The van der Waals surface area contributed by atoms with Gasteiger partial charge in [0.15, 0.2) is 5.82 Å². The first kappa shape index (κ1) is 21.1. The van der Waals surface area contributed by atoms with Crippen LogP contribution in [0, 0.1) is 0 Å². The Hall–Kier alpha value is -3.10. The molecule has 1 aliphatic heterocycles. The zero-order chi connectivity index (χ0) is 21.8. The lowest BCUT2D eigenvalue weighted by molar-refractivity contribution is -0.137. The van der Waals surface area contributed by atoms with Gasteiger partial charge in [-0.2, -0.15) is 9.78 Å². The predicted octanol–water partition coefficient (Wildman–Crippen LogP) is 4.56. The second kappa shape index (κ2) is 9.36. The summed E-state index contributed by atoms with van der Waals surface area (Å²) in [5.41, 5.74) is 2.63. The number of carbonyl (C=O) groups excluding carboxylic acids is 1. The van der Waals surface area contributed by atoms with Crippen molar-refractivity contribution in [2.75, 3.05) is 19.5 Å². The molecule has 9 heteroatoms. The van der Waals surface area contributed by atoms with E-state index in [1.54, 1.807) is 36.9 Å². The number of rotatable bonds is 6. The van der Waals surface area contributed by atoms with Gasteiger partial charge in [0.05, 0.1) is 25.0 Å². The Kier molecular flexibility index (Phi) is 6.39. The van der Waals surface area contributed by atoms with Crippen molar-refractivity contribution in [2.45, 2.75) is 12.1 Å². The fourth-order valence-electron chi connectivity index (χ4n) is 2.97. The summed E-state index contributed by atoms with van der Waals surface area (Å²) in [4.78, 5) is 12.7. The van der Waals surface area contributed by atoms with E-state index >= 15 is 0 Å². The molecule has 0 N–H and O–H groups in total. The maximum absolute atomic E-state index is 12.7. The van der Waals surface area contributed by atoms with Crippen LogP contribution in [-0.2, 0) is 9.53 Å². The summed E-state index contributed by atoms with van der Waals surface area (Å²) in [6, 6.07) is 14.7. The largest absolute Gasteiger partial charge is 0.497 e. The van der Waals surface area contributed by atoms with Crippen LogP contribution in [0.5, 0.6) is 5.75 Å². The molecule has 0 spiro atoms. The molecule has 2 aromatic carbocycles. The molecule has 0 unspecified atom stereocenters. The molecular formula is C22H19ClN4O3S. The molecule has 0 bridgehead atoms. The third-order valence-corrected chi connectivity index (χ3v) is 5.69. The van der Waals surface area contributed by atoms with Gasteiger partial charge in [0.2, 0.25) is 5.16 Å². The van der Waals surface area contributed by atoms with Crippen LogP contribution in [0.4, 0.5) is 0 Å².